The van der Waals surface area contributed by atoms with Gasteiger partial charge in [-0.15, -0.1) is 0 Å². The highest BCUT2D eigenvalue weighted by Gasteiger charge is 2.11. The van der Waals surface area contributed by atoms with Crippen molar-refractivity contribution in [3.8, 4) is 33.6 Å². The van der Waals surface area contributed by atoms with Gasteiger partial charge in [0.2, 0.25) is 0 Å². The van der Waals surface area contributed by atoms with Gasteiger partial charge in [0, 0.05) is 21.9 Å². The topological polar surface area (TPSA) is 25.8 Å². The fourth-order valence-corrected chi connectivity index (χ4v) is 6.62. The predicted molar refractivity (Wildman–Crippen MR) is 186 cm³/mol. The molecule has 0 aliphatic rings. The van der Waals surface area contributed by atoms with Crippen molar-refractivity contribution in [1.29, 1.82) is 0 Å². The summed E-state index contributed by atoms with van der Waals surface area (Å²) in [6.07, 6.45) is 0. The molecule has 0 atom stereocenters. The van der Waals surface area contributed by atoms with Crippen LogP contribution in [0.1, 0.15) is 0 Å². The minimum atomic E-state index is 0.926. The van der Waals surface area contributed by atoms with E-state index in [9.17, 15) is 0 Å². The van der Waals surface area contributed by atoms with Crippen molar-refractivity contribution in [3.05, 3.63) is 158 Å². The van der Waals surface area contributed by atoms with Crippen molar-refractivity contribution in [2.24, 2.45) is 0 Å². The van der Waals surface area contributed by atoms with Crippen molar-refractivity contribution in [2.75, 3.05) is 0 Å². The van der Waals surface area contributed by atoms with Crippen molar-refractivity contribution < 1.29 is 0 Å². The van der Waals surface area contributed by atoms with Gasteiger partial charge in [-0.05, 0) is 61.6 Å². The molecule has 0 fully saturated rings. The minimum Gasteiger partial charge on any atom is -0.245 e. The first-order chi connectivity index (χ1) is 21.8. The molecule has 0 unspecified atom stereocenters. The molecule has 2 nitrogen and oxygen atoms in total. The first kappa shape index (κ1) is 24.7. The normalized spacial score (nSPS) is 11.6. The summed E-state index contributed by atoms with van der Waals surface area (Å²) in [4.78, 5) is 10.2. The van der Waals surface area contributed by atoms with E-state index in [-0.39, 0.29) is 0 Å². The van der Waals surface area contributed by atoms with Crippen LogP contribution >= 0.6 is 0 Å². The summed E-state index contributed by atoms with van der Waals surface area (Å²) >= 11 is 0. The maximum Gasteiger partial charge on any atom is 0.0972 e. The van der Waals surface area contributed by atoms with Gasteiger partial charge in [0.15, 0.2) is 0 Å². The molecule has 0 bridgehead atoms. The lowest BCUT2D eigenvalue weighted by molar-refractivity contribution is 1.36. The molecule has 0 N–H and O–H groups in total. The number of pyridine rings is 2. The monoisotopic (exact) mass is 558 g/mol. The van der Waals surface area contributed by atoms with Gasteiger partial charge < -0.3 is 0 Å². The van der Waals surface area contributed by atoms with Gasteiger partial charge in [-0.2, -0.15) is 0 Å². The fraction of sp³-hybridized carbons (Fsp3) is 0. The molecule has 2 aromatic heterocycles. The molecular weight excluding hydrogens is 532 g/mol. The number of hydrogen-bond donors (Lipinski definition) is 0. The molecule has 0 radical (unpaired) electrons. The van der Waals surface area contributed by atoms with Crippen LogP contribution in [0.15, 0.2) is 158 Å². The van der Waals surface area contributed by atoms with E-state index >= 15 is 0 Å². The Kier molecular flexibility index (Phi) is 5.54. The van der Waals surface area contributed by atoms with Crippen molar-refractivity contribution in [3.63, 3.8) is 0 Å². The van der Waals surface area contributed by atoms with Crippen LogP contribution in [-0.4, -0.2) is 9.97 Å². The molecule has 0 spiro atoms. The zero-order valence-electron chi connectivity index (χ0n) is 23.9. The van der Waals surface area contributed by atoms with Gasteiger partial charge >= 0.3 is 0 Å². The summed E-state index contributed by atoms with van der Waals surface area (Å²) < 4.78 is 0. The zero-order chi connectivity index (χ0) is 29.0. The lowest BCUT2D eigenvalue weighted by atomic mass is 9.92. The third-order valence-electron chi connectivity index (χ3n) is 8.85. The number of hydrogen-bond acceptors (Lipinski definition) is 2. The molecule has 0 amide bonds. The highest BCUT2D eigenvalue weighted by Crippen LogP contribution is 2.37. The molecular formula is C42H26N2. The smallest absolute Gasteiger partial charge is 0.0972 e. The van der Waals surface area contributed by atoms with Crippen LogP contribution in [0.3, 0.4) is 0 Å². The van der Waals surface area contributed by atoms with Gasteiger partial charge in [-0.1, -0.05) is 140 Å². The average molecular weight is 559 g/mol. The molecule has 44 heavy (non-hydrogen) atoms. The maximum absolute atomic E-state index is 5.15. The van der Waals surface area contributed by atoms with E-state index in [4.69, 9.17) is 9.97 Å². The SMILES string of the molecule is c1ccc(-c2ccc3ccc4ccc(-c5ccc(-c6ccc7c8ccccc8c8ccccc8c7c6)cc5)nc4c3n2)cc1. The number of nitrogens with zero attached hydrogens (tertiary/aromatic N) is 2. The van der Waals surface area contributed by atoms with E-state index in [1.54, 1.807) is 0 Å². The molecule has 7 aromatic carbocycles. The van der Waals surface area contributed by atoms with Crippen LogP contribution in [0.5, 0.6) is 0 Å². The van der Waals surface area contributed by atoms with E-state index in [0.717, 1.165) is 44.3 Å². The summed E-state index contributed by atoms with van der Waals surface area (Å²) in [5.41, 5.74) is 8.34. The van der Waals surface area contributed by atoms with E-state index in [1.807, 2.05) is 18.2 Å². The second-order valence-corrected chi connectivity index (χ2v) is 11.4. The number of aromatic nitrogens is 2. The van der Waals surface area contributed by atoms with Crippen LogP contribution in [0.25, 0.3) is 87.8 Å². The Morgan fingerprint density at radius 3 is 1.25 bits per heavy atom. The molecule has 0 saturated carbocycles. The summed E-state index contributed by atoms with van der Waals surface area (Å²) in [5.74, 6) is 0. The number of benzene rings is 7. The fourth-order valence-electron chi connectivity index (χ4n) is 6.62. The lowest BCUT2D eigenvalue weighted by Crippen LogP contribution is -1.91. The van der Waals surface area contributed by atoms with Gasteiger partial charge in [0.25, 0.3) is 0 Å². The molecule has 9 rings (SSSR count). The summed E-state index contributed by atoms with van der Waals surface area (Å²) in [5, 5.41) is 9.93. The average Bonchev–Trinajstić information content (AvgIpc) is 3.11. The molecule has 0 aliphatic heterocycles. The molecule has 0 aliphatic carbocycles. The Balaban J connectivity index is 1.13. The van der Waals surface area contributed by atoms with Gasteiger partial charge in [0.1, 0.15) is 0 Å². The molecule has 204 valence electrons. The standard InChI is InChI=1S/C42H26N2/c1-2-8-28(9-3-1)39-24-21-30-18-19-31-22-25-40(44-42(31)41(30)43-39)29-16-14-27(15-17-29)32-20-23-37-35-12-5-4-10-33(35)34-11-6-7-13-36(34)38(37)26-32/h1-26H. The Bertz CT molecular complexity index is 2500. The molecule has 2 heteroatoms. The van der Waals surface area contributed by atoms with E-state index in [0.29, 0.717) is 0 Å². The van der Waals surface area contributed by atoms with E-state index < -0.39 is 0 Å². The number of rotatable bonds is 3. The van der Waals surface area contributed by atoms with Gasteiger partial charge in [0.05, 0.1) is 22.4 Å². The zero-order valence-corrected chi connectivity index (χ0v) is 23.9. The summed E-state index contributed by atoms with van der Waals surface area (Å²) in [6.45, 7) is 0. The Labute approximate surface area is 254 Å². The van der Waals surface area contributed by atoms with Crippen LogP contribution in [0.2, 0.25) is 0 Å². The first-order valence-electron chi connectivity index (χ1n) is 15.0. The second kappa shape index (κ2) is 9.86. The lowest BCUT2D eigenvalue weighted by Gasteiger charge is -2.12. The van der Waals surface area contributed by atoms with Gasteiger partial charge in [-0.3, -0.25) is 0 Å². The van der Waals surface area contributed by atoms with Crippen molar-refractivity contribution in [1.82, 2.24) is 9.97 Å². The Morgan fingerprint density at radius 2 is 0.682 bits per heavy atom. The Morgan fingerprint density at radius 1 is 0.273 bits per heavy atom. The molecule has 2 heterocycles. The second-order valence-electron chi connectivity index (χ2n) is 11.4. The van der Waals surface area contributed by atoms with Gasteiger partial charge in [-0.25, -0.2) is 9.97 Å². The van der Waals surface area contributed by atoms with Crippen LogP contribution in [-0.2, 0) is 0 Å². The third-order valence-corrected chi connectivity index (χ3v) is 8.85. The van der Waals surface area contributed by atoms with E-state index in [2.05, 4.69) is 140 Å². The predicted octanol–water partition coefficient (Wildman–Crippen LogP) is 11.2. The van der Waals surface area contributed by atoms with Crippen molar-refractivity contribution >= 4 is 54.1 Å². The third kappa shape index (κ3) is 3.96. The van der Waals surface area contributed by atoms with Crippen LogP contribution < -0.4 is 0 Å². The van der Waals surface area contributed by atoms with E-state index in [1.165, 1.54) is 43.4 Å². The highest BCUT2D eigenvalue weighted by molar-refractivity contribution is 6.25. The van der Waals surface area contributed by atoms with Crippen molar-refractivity contribution in [2.45, 2.75) is 0 Å². The van der Waals surface area contributed by atoms with Crippen LogP contribution in [0, 0.1) is 0 Å². The highest BCUT2D eigenvalue weighted by atomic mass is 14.8. The summed E-state index contributed by atoms with van der Waals surface area (Å²) in [7, 11) is 0. The minimum absolute atomic E-state index is 0.926. The Hall–Kier alpha value is -5.86. The molecule has 9 aromatic rings. The van der Waals surface area contributed by atoms with Crippen LogP contribution in [0.4, 0.5) is 0 Å². The quantitative estimate of drug-likeness (QED) is 0.202. The first-order valence-corrected chi connectivity index (χ1v) is 15.0. The number of fused-ring (bicyclic) bond motifs is 9. The summed E-state index contributed by atoms with van der Waals surface area (Å²) in [6, 6.07) is 56.2. The maximum atomic E-state index is 5.15. The largest absolute Gasteiger partial charge is 0.245 e. The molecule has 0 saturated heterocycles.